The van der Waals surface area contributed by atoms with Gasteiger partial charge in [-0.15, -0.1) is 0 Å². The predicted molar refractivity (Wildman–Crippen MR) is 109 cm³/mol. The summed E-state index contributed by atoms with van der Waals surface area (Å²) in [5, 5.41) is 6.48. The summed E-state index contributed by atoms with van der Waals surface area (Å²) < 4.78 is 51.4. The van der Waals surface area contributed by atoms with E-state index in [-0.39, 0.29) is 12.6 Å². The van der Waals surface area contributed by atoms with Gasteiger partial charge in [0.1, 0.15) is 18.1 Å². The Kier molecular flexibility index (Phi) is 9.51. The molecule has 1 aromatic rings. The van der Waals surface area contributed by atoms with E-state index in [0.717, 1.165) is 43.1 Å². The molecule has 1 aliphatic rings. The van der Waals surface area contributed by atoms with Crippen LogP contribution in [0.1, 0.15) is 18.4 Å². The number of alkyl halides is 3. The minimum Gasteiger partial charge on any atom is -0.497 e. The largest absolute Gasteiger partial charge is 0.497 e. The lowest BCUT2D eigenvalue weighted by Crippen LogP contribution is -2.45. The van der Waals surface area contributed by atoms with E-state index in [2.05, 4.69) is 25.3 Å². The molecule has 0 radical (unpaired) electrons. The van der Waals surface area contributed by atoms with Crippen LogP contribution >= 0.6 is 0 Å². The van der Waals surface area contributed by atoms with E-state index >= 15 is 0 Å². The Balaban J connectivity index is 1.72. The van der Waals surface area contributed by atoms with E-state index in [1.807, 2.05) is 18.2 Å². The Morgan fingerprint density at radius 1 is 1.20 bits per heavy atom. The lowest BCUT2D eigenvalue weighted by atomic mass is 10.2. The first-order chi connectivity index (χ1) is 14.3. The van der Waals surface area contributed by atoms with Gasteiger partial charge in [-0.3, -0.25) is 9.89 Å². The highest BCUT2D eigenvalue weighted by Gasteiger charge is 2.27. The maximum atomic E-state index is 12.0. The quantitative estimate of drug-likeness (QED) is 0.336. The van der Waals surface area contributed by atoms with E-state index in [9.17, 15) is 13.2 Å². The first kappa shape index (κ1) is 24.1. The van der Waals surface area contributed by atoms with Gasteiger partial charge >= 0.3 is 6.18 Å². The van der Waals surface area contributed by atoms with Crippen LogP contribution in [0.15, 0.2) is 23.2 Å². The summed E-state index contributed by atoms with van der Waals surface area (Å²) in [7, 11) is 4.94. The Morgan fingerprint density at radius 2 is 1.90 bits per heavy atom. The number of nitrogens with zero attached hydrogens (tertiary/aromatic N) is 2. The van der Waals surface area contributed by atoms with Gasteiger partial charge < -0.3 is 24.8 Å². The molecular weight excluding hydrogens is 401 g/mol. The molecule has 0 bridgehead atoms. The van der Waals surface area contributed by atoms with Crippen molar-refractivity contribution in [1.82, 2.24) is 15.5 Å². The number of benzene rings is 1. The first-order valence-electron chi connectivity index (χ1n) is 9.89. The lowest BCUT2D eigenvalue weighted by molar-refractivity contribution is -0.173. The van der Waals surface area contributed by atoms with Crippen LogP contribution in [0.25, 0.3) is 0 Å². The summed E-state index contributed by atoms with van der Waals surface area (Å²) in [6, 6.07) is 6.10. The molecule has 2 N–H and O–H groups in total. The average Bonchev–Trinajstić information content (AvgIpc) is 3.15. The number of rotatable bonds is 10. The Bertz CT molecular complexity index is 664. The molecular formula is C20H31F3N4O3. The van der Waals surface area contributed by atoms with Crippen LogP contribution in [0.5, 0.6) is 11.5 Å². The van der Waals surface area contributed by atoms with Crippen LogP contribution in [0.3, 0.4) is 0 Å². The molecule has 0 amide bonds. The van der Waals surface area contributed by atoms with Crippen LogP contribution in [0, 0.1) is 0 Å². The van der Waals surface area contributed by atoms with Crippen LogP contribution < -0.4 is 20.1 Å². The summed E-state index contributed by atoms with van der Waals surface area (Å²) in [5.41, 5.74) is 1.12. The number of aliphatic imine (C=N–C) groups is 1. The number of hydrogen-bond donors (Lipinski definition) is 2. The third-order valence-corrected chi connectivity index (χ3v) is 4.68. The maximum absolute atomic E-state index is 12.0. The number of nitrogens with one attached hydrogen (secondary N) is 2. The zero-order chi connectivity index (χ0) is 22.0. The predicted octanol–water partition coefficient (Wildman–Crippen LogP) is 2.41. The van der Waals surface area contributed by atoms with Crippen molar-refractivity contribution in [3.63, 3.8) is 0 Å². The third-order valence-electron chi connectivity index (χ3n) is 4.68. The van der Waals surface area contributed by atoms with Crippen molar-refractivity contribution in [3.05, 3.63) is 23.8 Å². The molecule has 1 aromatic carbocycles. The van der Waals surface area contributed by atoms with E-state index in [0.29, 0.717) is 18.9 Å². The highest BCUT2D eigenvalue weighted by molar-refractivity contribution is 5.79. The molecule has 1 fully saturated rings. The maximum Gasteiger partial charge on any atom is 0.411 e. The number of likely N-dealkylation sites (tertiary alicyclic amines) is 1. The van der Waals surface area contributed by atoms with Crippen molar-refractivity contribution in [1.29, 1.82) is 0 Å². The van der Waals surface area contributed by atoms with Gasteiger partial charge in [-0.05, 0) is 30.5 Å². The number of hydrogen-bond acceptors (Lipinski definition) is 5. The fourth-order valence-corrected chi connectivity index (χ4v) is 3.27. The van der Waals surface area contributed by atoms with Gasteiger partial charge in [0.2, 0.25) is 0 Å². The fraction of sp³-hybridized carbons (Fsp3) is 0.650. The lowest BCUT2D eigenvalue weighted by Gasteiger charge is -2.19. The number of ether oxygens (including phenoxy) is 3. The summed E-state index contributed by atoms with van der Waals surface area (Å²) >= 11 is 0. The molecule has 10 heteroatoms. The van der Waals surface area contributed by atoms with Gasteiger partial charge in [-0.25, -0.2) is 0 Å². The molecule has 1 saturated heterocycles. The van der Waals surface area contributed by atoms with Gasteiger partial charge in [-0.2, -0.15) is 13.2 Å². The molecule has 170 valence electrons. The van der Waals surface area contributed by atoms with Crippen molar-refractivity contribution >= 4 is 5.96 Å². The number of halogens is 3. The second-order valence-electron chi connectivity index (χ2n) is 7.11. The third kappa shape index (κ3) is 8.66. The monoisotopic (exact) mass is 432 g/mol. The molecule has 1 heterocycles. The van der Waals surface area contributed by atoms with Gasteiger partial charge in [0.05, 0.1) is 14.2 Å². The van der Waals surface area contributed by atoms with E-state index in [1.54, 1.807) is 21.3 Å². The van der Waals surface area contributed by atoms with Gasteiger partial charge in [0.15, 0.2) is 5.96 Å². The average molecular weight is 432 g/mol. The summed E-state index contributed by atoms with van der Waals surface area (Å²) in [6.45, 7) is 1.90. The SMILES string of the molecule is CN=C(NCCCOCC(F)(F)F)NC1CCN(Cc2cc(OC)cc(OC)c2)C1. The zero-order valence-electron chi connectivity index (χ0n) is 17.7. The summed E-state index contributed by atoms with van der Waals surface area (Å²) in [5.74, 6) is 2.17. The standard InChI is InChI=1S/C20H31F3N4O3/c1-24-19(25-6-4-8-30-14-20(21,22)23)26-16-5-7-27(13-16)12-15-9-17(28-2)11-18(10-15)29-3/h9-11,16H,4-8,12-14H2,1-3H3,(H2,24,25,26). The molecule has 1 atom stereocenters. The van der Waals surface area contributed by atoms with Crippen molar-refractivity contribution in [2.24, 2.45) is 4.99 Å². The minimum atomic E-state index is -4.28. The second kappa shape index (κ2) is 11.8. The topological polar surface area (TPSA) is 67.4 Å². The molecule has 7 nitrogen and oxygen atoms in total. The highest BCUT2D eigenvalue weighted by Crippen LogP contribution is 2.24. The molecule has 1 unspecified atom stereocenters. The van der Waals surface area contributed by atoms with Crippen molar-refractivity contribution in [2.75, 3.05) is 54.1 Å². The smallest absolute Gasteiger partial charge is 0.411 e. The Morgan fingerprint density at radius 3 is 2.50 bits per heavy atom. The molecule has 2 rings (SSSR count). The first-order valence-corrected chi connectivity index (χ1v) is 9.89. The van der Waals surface area contributed by atoms with Crippen molar-refractivity contribution in [3.8, 4) is 11.5 Å². The molecule has 0 spiro atoms. The van der Waals surface area contributed by atoms with Gasteiger partial charge in [0, 0.05) is 51.9 Å². The fourth-order valence-electron chi connectivity index (χ4n) is 3.27. The van der Waals surface area contributed by atoms with Crippen LogP contribution in [-0.2, 0) is 11.3 Å². The summed E-state index contributed by atoms with van der Waals surface area (Å²) in [6.07, 6.45) is -2.85. The minimum absolute atomic E-state index is 0.0463. The molecule has 0 aliphatic carbocycles. The Labute approximate surface area is 175 Å². The van der Waals surface area contributed by atoms with E-state index in [1.165, 1.54) is 0 Å². The van der Waals surface area contributed by atoms with E-state index < -0.39 is 12.8 Å². The number of methoxy groups -OCH3 is 2. The van der Waals surface area contributed by atoms with Gasteiger partial charge in [0.25, 0.3) is 0 Å². The molecule has 0 aromatic heterocycles. The van der Waals surface area contributed by atoms with E-state index in [4.69, 9.17) is 9.47 Å². The normalized spacial score (nSPS) is 17.8. The van der Waals surface area contributed by atoms with Crippen molar-refractivity contribution in [2.45, 2.75) is 31.6 Å². The summed E-state index contributed by atoms with van der Waals surface area (Å²) in [4.78, 5) is 6.52. The van der Waals surface area contributed by atoms with Crippen LogP contribution in [-0.4, -0.2) is 77.2 Å². The molecule has 1 aliphatic heterocycles. The molecule has 30 heavy (non-hydrogen) atoms. The molecule has 0 saturated carbocycles. The van der Waals surface area contributed by atoms with Gasteiger partial charge in [-0.1, -0.05) is 0 Å². The highest BCUT2D eigenvalue weighted by atomic mass is 19.4. The number of guanidine groups is 1. The van der Waals surface area contributed by atoms with Crippen molar-refractivity contribution < 1.29 is 27.4 Å². The van der Waals surface area contributed by atoms with Crippen LogP contribution in [0.4, 0.5) is 13.2 Å². The van der Waals surface area contributed by atoms with Crippen LogP contribution in [0.2, 0.25) is 0 Å². The zero-order valence-corrected chi connectivity index (χ0v) is 17.7. The second-order valence-corrected chi connectivity index (χ2v) is 7.11. The Hall–Kier alpha value is -2.20.